The van der Waals surface area contributed by atoms with Gasteiger partial charge in [-0.15, -0.1) is 0 Å². The number of carbonyl (C=O) groups is 1. The fourth-order valence-electron chi connectivity index (χ4n) is 1.08. The Hall–Kier alpha value is -0.770. The van der Waals surface area contributed by atoms with Gasteiger partial charge in [0.25, 0.3) is 0 Å². The molecule has 0 bridgehead atoms. The monoisotopic (exact) mass is 216 g/mol. The van der Waals surface area contributed by atoms with Crippen molar-refractivity contribution >= 4 is 6.09 Å². The highest BCUT2D eigenvalue weighted by molar-refractivity contribution is 5.67. The molecule has 0 saturated carbocycles. The minimum absolute atomic E-state index is 0.0333. The first kappa shape index (κ1) is 14.2. The SMILES string of the molecule is CC(C)COC(=O)NCC(C)(C)CCN. The van der Waals surface area contributed by atoms with Gasteiger partial charge in [0.1, 0.15) is 0 Å². The maximum absolute atomic E-state index is 11.2. The molecule has 0 unspecified atom stereocenters. The summed E-state index contributed by atoms with van der Waals surface area (Å²) in [5.41, 5.74) is 5.51. The summed E-state index contributed by atoms with van der Waals surface area (Å²) in [5, 5.41) is 2.75. The second-order valence-corrected chi connectivity index (χ2v) is 5.05. The van der Waals surface area contributed by atoms with Crippen molar-refractivity contribution in [2.24, 2.45) is 17.1 Å². The second kappa shape index (κ2) is 6.67. The topological polar surface area (TPSA) is 64.3 Å². The van der Waals surface area contributed by atoms with E-state index in [1.165, 1.54) is 0 Å². The third-order valence-corrected chi connectivity index (χ3v) is 2.08. The molecular weight excluding hydrogens is 192 g/mol. The minimum atomic E-state index is -0.339. The lowest BCUT2D eigenvalue weighted by molar-refractivity contribution is 0.128. The standard InChI is InChI=1S/C11H24N2O2/c1-9(2)7-15-10(14)13-8-11(3,4)5-6-12/h9H,5-8,12H2,1-4H3,(H,13,14). The smallest absolute Gasteiger partial charge is 0.407 e. The number of amides is 1. The molecule has 4 nitrogen and oxygen atoms in total. The second-order valence-electron chi connectivity index (χ2n) is 5.05. The third-order valence-electron chi connectivity index (χ3n) is 2.08. The molecule has 0 heterocycles. The highest BCUT2D eigenvalue weighted by atomic mass is 16.5. The van der Waals surface area contributed by atoms with Crippen LogP contribution in [-0.4, -0.2) is 25.8 Å². The summed E-state index contributed by atoms with van der Waals surface area (Å²) < 4.78 is 5.00. The first-order valence-corrected chi connectivity index (χ1v) is 5.48. The van der Waals surface area contributed by atoms with Crippen molar-refractivity contribution in [2.75, 3.05) is 19.7 Å². The van der Waals surface area contributed by atoms with E-state index < -0.39 is 0 Å². The van der Waals surface area contributed by atoms with Crippen molar-refractivity contribution in [3.63, 3.8) is 0 Å². The van der Waals surface area contributed by atoms with Gasteiger partial charge in [-0.05, 0) is 24.3 Å². The largest absolute Gasteiger partial charge is 0.449 e. The van der Waals surface area contributed by atoms with Crippen LogP contribution in [0.4, 0.5) is 4.79 Å². The average Bonchev–Trinajstić information content (AvgIpc) is 2.11. The molecule has 0 saturated heterocycles. The molecule has 0 fully saturated rings. The molecular formula is C11H24N2O2. The van der Waals surface area contributed by atoms with Crippen LogP contribution < -0.4 is 11.1 Å². The molecule has 0 aliphatic carbocycles. The molecule has 0 aromatic rings. The number of hydrogen-bond donors (Lipinski definition) is 2. The lowest BCUT2D eigenvalue weighted by Crippen LogP contribution is -2.36. The van der Waals surface area contributed by atoms with Crippen LogP contribution >= 0.6 is 0 Å². The minimum Gasteiger partial charge on any atom is -0.449 e. The Bertz CT molecular complexity index is 191. The van der Waals surface area contributed by atoms with E-state index in [1.807, 2.05) is 13.8 Å². The molecule has 1 amide bonds. The number of ether oxygens (including phenoxy) is 1. The first-order valence-electron chi connectivity index (χ1n) is 5.48. The summed E-state index contributed by atoms with van der Waals surface area (Å²) >= 11 is 0. The van der Waals surface area contributed by atoms with Crippen molar-refractivity contribution in [3.8, 4) is 0 Å². The zero-order chi connectivity index (χ0) is 11.9. The van der Waals surface area contributed by atoms with Crippen LogP contribution in [0, 0.1) is 11.3 Å². The van der Waals surface area contributed by atoms with Crippen LogP contribution in [0.25, 0.3) is 0 Å². The van der Waals surface area contributed by atoms with Gasteiger partial charge in [0.05, 0.1) is 6.61 Å². The van der Waals surface area contributed by atoms with E-state index in [4.69, 9.17) is 10.5 Å². The summed E-state index contributed by atoms with van der Waals surface area (Å²) in [6, 6.07) is 0. The summed E-state index contributed by atoms with van der Waals surface area (Å²) in [5.74, 6) is 0.368. The molecule has 0 aliphatic rings. The van der Waals surface area contributed by atoms with Crippen LogP contribution in [0.1, 0.15) is 34.1 Å². The van der Waals surface area contributed by atoms with Gasteiger partial charge in [-0.25, -0.2) is 4.79 Å². The molecule has 15 heavy (non-hydrogen) atoms. The Labute approximate surface area is 92.6 Å². The maximum Gasteiger partial charge on any atom is 0.407 e. The molecule has 90 valence electrons. The van der Waals surface area contributed by atoms with Crippen molar-refractivity contribution in [1.29, 1.82) is 0 Å². The van der Waals surface area contributed by atoms with E-state index in [0.717, 1.165) is 6.42 Å². The van der Waals surface area contributed by atoms with Gasteiger partial charge in [-0.1, -0.05) is 27.7 Å². The number of rotatable bonds is 6. The van der Waals surface area contributed by atoms with Crippen molar-refractivity contribution in [1.82, 2.24) is 5.32 Å². The van der Waals surface area contributed by atoms with Gasteiger partial charge in [0, 0.05) is 6.54 Å². The molecule has 0 rings (SSSR count). The zero-order valence-electron chi connectivity index (χ0n) is 10.3. The normalized spacial score (nSPS) is 11.6. The molecule has 0 aliphatic heterocycles. The van der Waals surface area contributed by atoms with Gasteiger partial charge in [0.15, 0.2) is 0 Å². The Kier molecular flexibility index (Phi) is 6.32. The molecule has 0 atom stereocenters. The summed E-state index contributed by atoms with van der Waals surface area (Å²) in [7, 11) is 0. The molecule has 0 radical (unpaired) electrons. The third kappa shape index (κ3) is 8.24. The van der Waals surface area contributed by atoms with Crippen LogP contribution in [-0.2, 0) is 4.74 Å². The van der Waals surface area contributed by atoms with Crippen LogP contribution in [0.3, 0.4) is 0 Å². The van der Waals surface area contributed by atoms with Gasteiger partial charge < -0.3 is 15.8 Å². The number of carbonyl (C=O) groups excluding carboxylic acids is 1. The van der Waals surface area contributed by atoms with Crippen LogP contribution in [0.15, 0.2) is 0 Å². The maximum atomic E-state index is 11.2. The van der Waals surface area contributed by atoms with Crippen molar-refractivity contribution in [3.05, 3.63) is 0 Å². The average molecular weight is 216 g/mol. The Morgan fingerprint density at radius 1 is 1.47 bits per heavy atom. The Morgan fingerprint density at radius 3 is 2.53 bits per heavy atom. The highest BCUT2D eigenvalue weighted by Crippen LogP contribution is 2.17. The summed E-state index contributed by atoms with van der Waals surface area (Å²) in [4.78, 5) is 11.2. The van der Waals surface area contributed by atoms with E-state index in [1.54, 1.807) is 0 Å². The number of nitrogens with one attached hydrogen (secondary N) is 1. The van der Waals surface area contributed by atoms with Crippen LogP contribution in [0.5, 0.6) is 0 Å². The first-order chi connectivity index (χ1) is 6.87. The lowest BCUT2D eigenvalue weighted by Gasteiger charge is -2.23. The van der Waals surface area contributed by atoms with Gasteiger partial charge in [-0.3, -0.25) is 0 Å². The predicted molar refractivity (Wildman–Crippen MR) is 61.6 cm³/mol. The number of alkyl carbamates (subject to hydrolysis) is 1. The molecule has 0 spiro atoms. The lowest BCUT2D eigenvalue weighted by atomic mass is 9.89. The highest BCUT2D eigenvalue weighted by Gasteiger charge is 2.18. The van der Waals surface area contributed by atoms with E-state index in [9.17, 15) is 4.79 Å². The molecule has 0 aromatic carbocycles. The predicted octanol–water partition coefficient (Wildman–Crippen LogP) is 1.74. The zero-order valence-corrected chi connectivity index (χ0v) is 10.3. The van der Waals surface area contributed by atoms with Crippen molar-refractivity contribution < 1.29 is 9.53 Å². The van der Waals surface area contributed by atoms with Gasteiger partial charge >= 0.3 is 6.09 Å². The Balaban J connectivity index is 3.70. The Morgan fingerprint density at radius 2 is 2.07 bits per heavy atom. The molecule has 3 N–H and O–H groups in total. The van der Waals surface area contributed by atoms with E-state index in [-0.39, 0.29) is 11.5 Å². The number of hydrogen-bond acceptors (Lipinski definition) is 3. The quantitative estimate of drug-likeness (QED) is 0.711. The summed E-state index contributed by atoms with van der Waals surface area (Å²) in [6.45, 7) is 9.85. The van der Waals surface area contributed by atoms with Gasteiger partial charge in [-0.2, -0.15) is 0 Å². The van der Waals surface area contributed by atoms with E-state index >= 15 is 0 Å². The molecule has 4 heteroatoms. The van der Waals surface area contributed by atoms with Gasteiger partial charge in [0.2, 0.25) is 0 Å². The fraction of sp³-hybridized carbons (Fsp3) is 0.909. The number of nitrogens with two attached hydrogens (primary N) is 1. The van der Waals surface area contributed by atoms with Crippen LogP contribution in [0.2, 0.25) is 0 Å². The fourth-order valence-corrected chi connectivity index (χ4v) is 1.08. The summed E-state index contributed by atoms with van der Waals surface area (Å²) in [6.07, 6.45) is 0.547. The van der Waals surface area contributed by atoms with Crippen molar-refractivity contribution in [2.45, 2.75) is 34.1 Å². The molecule has 0 aromatic heterocycles. The van der Waals surface area contributed by atoms with E-state index in [0.29, 0.717) is 25.6 Å². The van der Waals surface area contributed by atoms with E-state index in [2.05, 4.69) is 19.2 Å².